The van der Waals surface area contributed by atoms with Crippen LogP contribution in [-0.4, -0.2) is 31.1 Å². The molecule has 8 nitrogen and oxygen atoms in total. The monoisotopic (exact) mass is 491 g/mol. The van der Waals surface area contributed by atoms with Gasteiger partial charge in [-0.15, -0.1) is 11.3 Å². The van der Waals surface area contributed by atoms with Crippen molar-refractivity contribution in [2.24, 2.45) is 5.73 Å². The third-order valence-corrected chi connectivity index (χ3v) is 8.58. The molecule has 4 rings (SSSR count). The number of nitrogens with one attached hydrogen (secondary N) is 2. The number of hydrogen-bond donors (Lipinski definition) is 4. The van der Waals surface area contributed by atoms with Gasteiger partial charge in [0.05, 0.1) is 0 Å². The Morgan fingerprint density at radius 2 is 1.84 bits per heavy atom. The number of aliphatic carboxylic acids is 1. The van der Waals surface area contributed by atoms with Gasteiger partial charge < -0.3 is 16.2 Å². The first-order valence-corrected chi connectivity index (χ1v) is 12.1. The van der Waals surface area contributed by atoms with Crippen LogP contribution in [0.25, 0.3) is 10.4 Å². The van der Waals surface area contributed by atoms with Gasteiger partial charge in [0.15, 0.2) is 0 Å². The molecule has 1 aliphatic carbocycles. The van der Waals surface area contributed by atoms with E-state index in [4.69, 9.17) is 17.3 Å². The van der Waals surface area contributed by atoms with E-state index in [0.717, 1.165) is 16.9 Å². The van der Waals surface area contributed by atoms with Gasteiger partial charge in [-0.3, -0.25) is 4.79 Å². The Morgan fingerprint density at radius 3 is 2.50 bits per heavy atom. The number of nitrogens with two attached hydrogens (primary N) is 1. The predicted octanol–water partition coefficient (Wildman–Crippen LogP) is 3.85. The fourth-order valence-corrected chi connectivity index (χ4v) is 6.40. The molecule has 1 aromatic heterocycles. The standard InChI is InChI=1S/C21H18ClN3O5S2/c22-14-6-4-12(5-7-14)17-8-9-18(31-17)32(29,30)25-21(19(26)27)11-16(21)13-2-1-3-15(10-13)24-20(23)28/h1-10,16,25H,11H2,(H,26,27)(H3,23,24,28)/t16-,21+/m0/s1. The van der Waals surface area contributed by atoms with Gasteiger partial charge in [-0.25, -0.2) is 13.2 Å². The maximum absolute atomic E-state index is 13.0. The van der Waals surface area contributed by atoms with Crippen LogP contribution in [0.15, 0.2) is 64.9 Å². The van der Waals surface area contributed by atoms with Crippen LogP contribution in [0.2, 0.25) is 5.02 Å². The largest absolute Gasteiger partial charge is 0.480 e. The van der Waals surface area contributed by atoms with Crippen LogP contribution in [-0.2, 0) is 14.8 Å². The van der Waals surface area contributed by atoms with Gasteiger partial charge in [-0.1, -0.05) is 35.9 Å². The van der Waals surface area contributed by atoms with E-state index in [0.29, 0.717) is 21.2 Å². The van der Waals surface area contributed by atoms with Crippen LogP contribution in [0.4, 0.5) is 10.5 Å². The Morgan fingerprint density at radius 1 is 1.12 bits per heavy atom. The van der Waals surface area contributed by atoms with Gasteiger partial charge >= 0.3 is 12.0 Å². The first-order valence-electron chi connectivity index (χ1n) is 9.40. The van der Waals surface area contributed by atoms with E-state index in [9.17, 15) is 23.1 Å². The number of sulfonamides is 1. The summed E-state index contributed by atoms with van der Waals surface area (Å²) in [7, 11) is -4.09. The second kappa shape index (κ2) is 8.21. The summed E-state index contributed by atoms with van der Waals surface area (Å²) in [4.78, 5) is 23.9. The van der Waals surface area contributed by atoms with E-state index < -0.39 is 33.5 Å². The summed E-state index contributed by atoms with van der Waals surface area (Å²) in [6, 6.07) is 15.8. The third-order valence-electron chi connectivity index (χ3n) is 5.19. The van der Waals surface area contributed by atoms with Crippen LogP contribution < -0.4 is 15.8 Å². The molecule has 166 valence electrons. The van der Waals surface area contributed by atoms with Crippen molar-refractivity contribution in [2.45, 2.75) is 22.1 Å². The fourth-order valence-electron chi connectivity index (χ4n) is 3.56. The average molecular weight is 492 g/mol. The van der Waals surface area contributed by atoms with Gasteiger partial charge in [-0.05, 0) is 53.9 Å². The molecule has 2 amide bonds. The Labute approximate surface area is 193 Å². The number of thiophene rings is 1. The molecule has 1 saturated carbocycles. The topological polar surface area (TPSA) is 139 Å². The molecule has 0 radical (unpaired) electrons. The molecule has 1 heterocycles. The number of carbonyl (C=O) groups excluding carboxylic acids is 1. The van der Waals surface area contributed by atoms with Crippen LogP contribution in [0, 0.1) is 0 Å². The Bertz CT molecular complexity index is 1310. The van der Waals surface area contributed by atoms with Crippen molar-refractivity contribution < 1.29 is 23.1 Å². The minimum absolute atomic E-state index is 0.0119. The molecule has 0 aliphatic heterocycles. The quantitative estimate of drug-likeness (QED) is 0.397. The maximum atomic E-state index is 13.0. The molecule has 1 fully saturated rings. The zero-order chi connectivity index (χ0) is 23.1. The summed E-state index contributed by atoms with van der Waals surface area (Å²) < 4.78 is 28.4. The number of rotatable bonds is 7. The van der Waals surface area contributed by atoms with E-state index in [1.54, 1.807) is 54.6 Å². The lowest BCUT2D eigenvalue weighted by atomic mass is 10.1. The normalized spacial score (nSPS) is 20.0. The number of primary amides is 1. The maximum Gasteiger partial charge on any atom is 0.325 e. The number of benzene rings is 2. The van der Waals surface area contributed by atoms with E-state index in [2.05, 4.69) is 10.0 Å². The first kappa shape index (κ1) is 22.3. The fraction of sp³-hybridized carbons (Fsp3) is 0.143. The van der Waals surface area contributed by atoms with Crippen LogP contribution >= 0.6 is 22.9 Å². The zero-order valence-corrected chi connectivity index (χ0v) is 18.8. The lowest BCUT2D eigenvalue weighted by molar-refractivity contribution is -0.140. The summed E-state index contributed by atoms with van der Waals surface area (Å²) >= 11 is 6.94. The second-order valence-corrected chi connectivity index (χ2v) is 10.8. The van der Waals surface area contributed by atoms with Crippen molar-refractivity contribution >= 4 is 50.6 Å². The molecule has 11 heteroatoms. The lowest BCUT2D eigenvalue weighted by Gasteiger charge is -2.15. The molecular formula is C21H18ClN3O5S2. The van der Waals surface area contributed by atoms with Gasteiger partial charge in [0.1, 0.15) is 9.75 Å². The third kappa shape index (κ3) is 4.35. The highest BCUT2D eigenvalue weighted by Crippen LogP contribution is 2.53. The number of hydrogen-bond acceptors (Lipinski definition) is 5. The average Bonchev–Trinajstić information content (AvgIpc) is 3.22. The molecule has 0 saturated heterocycles. The van der Waals surface area contributed by atoms with Gasteiger partial charge in [0, 0.05) is 21.5 Å². The van der Waals surface area contributed by atoms with Crippen molar-refractivity contribution in [1.82, 2.24) is 4.72 Å². The van der Waals surface area contributed by atoms with E-state index >= 15 is 0 Å². The molecule has 1 aliphatic rings. The predicted molar refractivity (Wildman–Crippen MR) is 122 cm³/mol. The lowest BCUT2D eigenvalue weighted by Crippen LogP contribution is -2.44. The minimum atomic E-state index is -4.09. The number of carbonyl (C=O) groups is 2. The van der Waals surface area contributed by atoms with Crippen LogP contribution in [0.3, 0.4) is 0 Å². The van der Waals surface area contributed by atoms with Gasteiger partial charge in [0.2, 0.25) is 0 Å². The summed E-state index contributed by atoms with van der Waals surface area (Å²) in [5.74, 6) is -1.87. The molecule has 2 aromatic carbocycles. The van der Waals surface area contributed by atoms with E-state index in [-0.39, 0.29) is 10.6 Å². The highest BCUT2D eigenvalue weighted by Gasteiger charge is 2.63. The number of carboxylic acids is 1. The van der Waals surface area contributed by atoms with Crippen molar-refractivity contribution in [2.75, 3.05) is 5.32 Å². The molecule has 0 spiro atoms. The minimum Gasteiger partial charge on any atom is -0.480 e. The molecule has 3 aromatic rings. The van der Waals surface area contributed by atoms with Crippen molar-refractivity contribution in [3.8, 4) is 10.4 Å². The van der Waals surface area contributed by atoms with E-state index in [1.807, 2.05) is 0 Å². The van der Waals surface area contributed by atoms with Crippen molar-refractivity contribution in [3.05, 3.63) is 71.2 Å². The number of amides is 2. The van der Waals surface area contributed by atoms with Gasteiger partial charge in [-0.2, -0.15) is 4.72 Å². The summed E-state index contributed by atoms with van der Waals surface area (Å²) in [5, 5.41) is 12.8. The molecular weight excluding hydrogens is 474 g/mol. The highest BCUT2D eigenvalue weighted by molar-refractivity contribution is 7.91. The zero-order valence-electron chi connectivity index (χ0n) is 16.4. The van der Waals surface area contributed by atoms with Crippen molar-refractivity contribution in [1.29, 1.82) is 0 Å². The Hall–Kier alpha value is -2.92. The van der Waals surface area contributed by atoms with Crippen molar-refractivity contribution in [3.63, 3.8) is 0 Å². The number of halogens is 1. The number of urea groups is 1. The Balaban J connectivity index is 1.58. The van der Waals surface area contributed by atoms with E-state index in [1.165, 1.54) is 6.07 Å². The molecule has 5 N–H and O–H groups in total. The highest BCUT2D eigenvalue weighted by atomic mass is 35.5. The molecule has 32 heavy (non-hydrogen) atoms. The smallest absolute Gasteiger partial charge is 0.325 e. The SMILES string of the molecule is NC(=O)Nc1cccc([C@@H]2C[C@]2(NS(=O)(=O)c2ccc(-c3ccc(Cl)cc3)s2)C(=O)O)c1. The number of carboxylic acid groups (broad SMARTS) is 1. The number of anilines is 1. The summed E-state index contributed by atoms with van der Waals surface area (Å²) in [6.45, 7) is 0. The molecule has 0 unspecified atom stereocenters. The second-order valence-electron chi connectivity index (χ2n) is 7.38. The summed E-state index contributed by atoms with van der Waals surface area (Å²) in [6.07, 6.45) is 0.0804. The van der Waals surface area contributed by atoms with Crippen LogP contribution in [0.1, 0.15) is 17.9 Å². The summed E-state index contributed by atoms with van der Waals surface area (Å²) in [5.41, 5.74) is 5.23. The molecule has 0 bridgehead atoms. The van der Waals surface area contributed by atoms with Crippen LogP contribution in [0.5, 0.6) is 0 Å². The first-order chi connectivity index (χ1) is 15.1. The molecule has 2 atom stereocenters. The van der Waals surface area contributed by atoms with Gasteiger partial charge in [0.25, 0.3) is 10.0 Å². The Kier molecular flexibility index (Phi) is 5.72.